The first-order valence-corrected chi connectivity index (χ1v) is 10.4. The zero-order chi connectivity index (χ0) is 18.8. The van der Waals surface area contributed by atoms with Crippen molar-refractivity contribution in [3.63, 3.8) is 0 Å². The second-order valence-electron chi connectivity index (χ2n) is 7.70. The van der Waals surface area contributed by atoms with Gasteiger partial charge in [-0.25, -0.2) is 9.78 Å². The average molecular weight is 390 g/mol. The van der Waals surface area contributed by atoms with E-state index in [1.54, 1.807) is 0 Å². The number of likely N-dealkylation sites (tertiary alicyclic amines) is 2. The zero-order valence-electron chi connectivity index (χ0n) is 15.9. The SMILES string of the molecule is CCN1CCC(CNC(=O)N2CCC[C@H]2c2nc3ccc(Cl)cc3[nH]2)CC1. The van der Waals surface area contributed by atoms with Crippen molar-refractivity contribution in [2.45, 2.75) is 38.6 Å². The van der Waals surface area contributed by atoms with Crippen LogP contribution in [0.4, 0.5) is 4.79 Å². The topological polar surface area (TPSA) is 64.3 Å². The Hall–Kier alpha value is -1.79. The number of carbonyl (C=O) groups is 1. The molecule has 146 valence electrons. The number of piperidine rings is 1. The monoisotopic (exact) mass is 389 g/mol. The molecule has 2 aromatic rings. The molecule has 1 aromatic heterocycles. The molecule has 2 amide bonds. The highest BCUT2D eigenvalue weighted by atomic mass is 35.5. The number of urea groups is 1. The van der Waals surface area contributed by atoms with Crippen molar-refractivity contribution in [3.05, 3.63) is 29.0 Å². The predicted molar refractivity (Wildman–Crippen MR) is 108 cm³/mol. The van der Waals surface area contributed by atoms with Gasteiger partial charge in [-0.3, -0.25) is 0 Å². The van der Waals surface area contributed by atoms with Gasteiger partial charge in [-0.1, -0.05) is 18.5 Å². The number of rotatable bonds is 4. The molecular formula is C20H28ClN5O. The van der Waals surface area contributed by atoms with E-state index >= 15 is 0 Å². The summed E-state index contributed by atoms with van der Waals surface area (Å²) in [5.74, 6) is 1.45. The van der Waals surface area contributed by atoms with E-state index in [1.165, 1.54) is 12.8 Å². The van der Waals surface area contributed by atoms with E-state index < -0.39 is 0 Å². The summed E-state index contributed by atoms with van der Waals surface area (Å²) in [4.78, 5) is 25.3. The summed E-state index contributed by atoms with van der Waals surface area (Å²) in [6.45, 7) is 7.17. The number of halogens is 1. The molecule has 2 N–H and O–H groups in total. The van der Waals surface area contributed by atoms with Crippen molar-refractivity contribution < 1.29 is 4.79 Å². The maximum Gasteiger partial charge on any atom is 0.318 e. The van der Waals surface area contributed by atoms with Crippen molar-refractivity contribution in [1.82, 2.24) is 25.1 Å². The van der Waals surface area contributed by atoms with Gasteiger partial charge in [-0.05, 0) is 69.4 Å². The maximum absolute atomic E-state index is 12.8. The number of amides is 2. The molecule has 27 heavy (non-hydrogen) atoms. The van der Waals surface area contributed by atoms with Crippen molar-refractivity contribution in [3.8, 4) is 0 Å². The van der Waals surface area contributed by atoms with E-state index in [-0.39, 0.29) is 12.1 Å². The van der Waals surface area contributed by atoms with Crippen LogP contribution in [0.15, 0.2) is 18.2 Å². The molecule has 0 bridgehead atoms. The molecule has 2 fully saturated rings. The van der Waals surface area contributed by atoms with Gasteiger partial charge in [0.15, 0.2) is 0 Å². The fourth-order valence-corrected chi connectivity index (χ4v) is 4.47. The number of nitrogens with zero attached hydrogens (tertiary/aromatic N) is 3. The Labute approximate surface area is 165 Å². The lowest BCUT2D eigenvalue weighted by Crippen LogP contribution is -2.43. The first-order chi connectivity index (χ1) is 13.1. The van der Waals surface area contributed by atoms with Crippen molar-refractivity contribution in [1.29, 1.82) is 0 Å². The lowest BCUT2D eigenvalue weighted by molar-refractivity contribution is 0.174. The van der Waals surface area contributed by atoms with E-state index in [1.807, 2.05) is 23.1 Å². The van der Waals surface area contributed by atoms with Gasteiger partial charge in [0.1, 0.15) is 5.82 Å². The number of hydrogen-bond donors (Lipinski definition) is 2. The molecule has 2 aliphatic heterocycles. The first-order valence-electron chi connectivity index (χ1n) is 10.1. The fraction of sp³-hybridized carbons (Fsp3) is 0.600. The molecule has 7 heteroatoms. The Morgan fingerprint density at radius 2 is 2.11 bits per heavy atom. The van der Waals surface area contributed by atoms with E-state index in [0.29, 0.717) is 10.9 Å². The summed E-state index contributed by atoms with van der Waals surface area (Å²) < 4.78 is 0. The van der Waals surface area contributed by atoms with Crippen molar-refractivity contribution in [2.75, 3.05) is 32.7 Å². The van der Waals surface area contributed by atoms with Gasteiger partial charge < -0.3 is 20.1 Å². The number of imidazole rings is 1. The van der Waals surface area contributed by atoms with E-state index in [2.05, 4.69) is 22.1 Å². The van der Waals surface area contributed by atoms with Crippen LogP contribution < -0.4 is 5.32 Å². The predicted octanol–water partition coefficient (Wildman–Crippen LogP) is 3.79. The normalized spacial score (nSPS) is 21.9. The molecule has 0 unspecified atom stereocenters. The van der Waals surface area contributed by atoms with Gasteiger partial charge in [0.05, 0.1) is 17.1 Å². The third kappa shape index (κ3) is 4.06. The average Bonchev–Trinajstić information content (AvgIpc) is 3.32. The third-order valence-electron chi connectivity index (χ3n) is 5.99. The minimum Gasteiger partial charge on any atom is -0.340 e. The highest BCUT2D eigenvalue weighted by Crippen LogP contribution is 2.32. The molecule has 0 saturated carbocycles. The quantitative estimate of drug-likeness (QED) is 0.836. The second kappa shape index (κ2) is 8.07. The number of fused-ring (bicyclic) bond motifs is 1. The van der Waals surface area contributed by atoms with Crippen LogP contribution in [-0.2, 0) is 0 Å². The maximum atomic E-state index is 12.8. The molecule has 0 spiro atoms. The smallest absolute Gasteiger partial charge is 0.318 e. The molecule has 2 saturated heterocycles. The zero-order valence-corrected chi connectivity index (χ0v) is 16.6. The summed E-state index contributed by atoms with van der Waals surface area (Å²) in [5, 5.41) is 3.86. The number of aromatic nitrogens is 2. The van der Waals surface area contributed by atoms with E-state index in [4.69, 9.17) is 16.6 Å². The van der Waals surface area contributed by atoms with Crippen LogP contribution in [-0.4, -0.2) is 58.5 Å². The molecule has 0 aliphatic carbocycles. The summed E-state index contributed by atoms with van der Waals surface area (Å²) >= 11 is 6.07. The molecule has 0 radical (unpaired) electrons. The minimum absolute atomic E-state index is 0.0121. The molecule has 1 atom stereocenters. The Morgan fingerprint density at radius 1 is 1.30 bits per heavy atom. The molecule has 6 nitrogen and oxygen atoms in total. The third-order valence-corrected chi connectivity index (χ3v) is 6.22. The number of nitrogens with one attached hydrogen (secondary N) is 2. The van der Waals surface area contributed by atoms with Crippen molar-refractivity contribution >= 4 is 28.7 Å². The van der Waals surface area contributed by atoms with Crippen LogP contribution in [0.25, 0.3) is 11.0 Å². The minimum atomic E-state index is 0.0121. The standard InChI is InChI=1S/C20H28ClN5O/c1-2-25-10-7-14(8-11-25)13-22-20(27)26-9-3-4-18(26)19-23-16-6-5-15(21)12-17(16)24-19/h5-6,12,14,18H,2-4,7-11,13H2,1H3,(H,22,27)(H,23,24)/t18-/m0/s1. The first kappa shape index (κ1) is 18.6. The van der Waals surface area contributed by atoms with Gasteiger partial charge in [-0.2, -0.15) is 0 Å². The number of aromatic amines is 1. The Kier molecular flexibility index (Phi) is 5.55. The van der Waals surface area contributed by atoms with Gasteiger partial charge in [0.25, 0.3) is 0 Å². The van der Waals surface area contributed by atoms with Crippen LogP contribution in [0.2, 0.25) is 5.02 Å². The highest BCUT2D eigenvalue weighted by Gasteiger charge is 2.32. The van der Waals surface area contributed by atoms with Crippen molar-refractivity contribution in [2.24, 2.45) is 5.92 Å². The lowest BCUT2D eigenvalue weighted by atomic mass is 9.97. The molecule has 2 aliphatic rings. The van der Waals surface area contributed by atoms with Crippen LogP contribution >= 0.6 is 11.6 Å². The Bertz CT molecular complexity index is 799. The summed E-state index contributed by atoms with van der Waals surface area (Å²) in [6.07, 6.45) is 4.28. The highest BCUT2D eigenvalue weighted by molar-refractivity contribution is 6.31. The van der Waals surface area contributed by atoms with Gasteiger partial charge in [0.2, 0.25) is 0 Å². The van der Waals surface area contributed by atoms with E-state index in [9.17, 15) is 4.79 Å². The largest absolute Gasteiger partial charge is 0.340 e. The van der Waals surface area contributed by atoms with E-state index in [0.717, 1.165) is 62.4 Å². The van der Waals surface area contributed by atoms with Crippen LogP contribution in [0.5, 0.6) is 0 Å². The number of H-pyrrole nitrogens is 1. The second-order valence-corrected chi connectivity index (χ2v) is 8.14. The molecule has 4 rings (SSSR count). The van der Waals surface area contributed by atoms with Crippen LogP contribution in [0.3, 0.4) is 0 Å². The Balaban J connectivity index is 1.38. The molecule has 1 aromatic carbocycles. The molecule has 3 heterocycles. The number of carbonyl (C=O) groups excluding carboxylic acids is 1. The summed E-state index contributed by atoms with van der Waals surface area (Å²) in [6, 6.07) is 5.69. The van der Waals surface area contributed by atoms with Gasteiger partial charge >= 0.3 is 6.03 Å². The van der Waals surface area contributed by atoms with Gasteiger partial charge in [-0.15, -0.1) is 0 Å². The Morgan fingerprint density at radius 3 is 2.89 bits per heavy atom. The number of benzene rings is 1. The summed E-state index contributed by atoms with van der Waals surface area (Å²) in [7, 11) is 0. The number of hydrogen-bond acceptors (Lipinski definition) is 3. The van der Waals surface area contributed by atoms with Crippen LogP contribution in [0, 0.1) is 5.92 Å². The van der Waals surface area contributed by atoms with Gasteiger partial charge in [0, 0.05) is 18.1 Å². The fourth-order valence-electron chi connectivity index (χ4n) is 4.29. The lowest BCUT2D eigenvalue weighted by Gasteiger charge is -2.31. The van der Waals surface area contributed by atoms with Crippen LogP contribution in [0.1, 0.15) is 44.5 Å². The molecular weight excluding hydrogens is 362 g/mol. The summed E-state index contributed by atoms with van der Waals surface area (Å²) in [5.41, 5.74) is 1.82.